The molecule has 30 heavy (non-hydrogen) atoms. The number of carbonyl (C=O) groups is 1. The van der Waals surface area contributed by atoms with Crippen LogP contribution in [0, 0.1) is 6.92 Å². The first-order valence-electron chi connectivity index (χ1n) is 9.44. The molecule has 3 aromatic carbocycles. The molecule has 0 unspecified atom stereocenters. The van der Waals surface area contributed by atoms with Crippen molar-refractivity contribution in [1.82, 2.24) is 4.31 Å². The molecule has 3 aromatic rings. The van der Waals surface area contributed by atoms with Crippen molar-refractivity contribution in [2.45, 2.75) is 18.4 Å². The average molecular weight is 425 g/mol. The SMILES string of the molecule is COc1ccccc1NC(=O)CN(Cc1ccc(C)cc1)S(=O)(=O)c1ccccc1. The fraction of sp³-hybridized carbons (Fsp3) is 0.174. The summed E-state index contributed by atoms with van der Waals surface area (Å²) < 4.78 is 32.9. The van der Waals surface area contributed by atoms with E-state index in [0.29, 0.717) is 11.4 Å². The lowest BCUT2D eigenvalue weighted by molar-refractivity contribution is -0.116. The van der Waals surface area contributed by atoms with E-state index in [2.05, 4.69) is 5.32 Å². The Hall–Kier alpha value is -3.16. The lowest BCUT2D eigenvalue weighted by atomic mass is 10.1. The minimum Gasteiger partial charge on any atom is -0.495 e. The van der Waals surface area contributed by atoms with Crippen LogP contribution in [0.2, 0.25) is 0 Å². The summed E-state index contributed by atoms with van der Waals surface area (Å²) in [4.78, 5) is 12.9. The van der Waals surface area contributed by atoms with Crippen LogP contribution in [-0.4, -0.2) is 32.3 Å². The second-order valence-electron chi connectivity index (χ2n) is 6.82. The van der Waals surface area contributed by atoms with Crippen molar-refractivity contribution in [3.05, 3.63) is 90.0 Å². The van der Waals surface area contributed by atoms with E-state index in [1.54, 1.807) is 42.5 Å². The molecule has 3 rings (SSSR count). The maximum Gasteiger partial charge on any atom is 0.243 e. The first kappa shape index (κ1) is 21.5. The van der Waals surface area contributed by atoms with Crippen LogP contribution in [0.4, 0.5) is 5.69 Å². The number of amides is 1. The Morgan fingerprint density at radius 3 is 2.23 bits per heavy atom. The van der Waals surface area contributed by atoms with Crippen LogP contribution >= 0.6 is 0 Å². The van der Waals surface area contributed by atoms with Crippen molar-refractivity contribution in [2.24, 2.45) is 0 Å². The summed E-state index contributed by atoms with van der Waals surface area (Å²) in [5, 5.41) is 2.74. The molecular weight excluding hydrogens is 400 g/mol. The quantitative estimate of drug-likeness (QED) is 0.596. The molecule has 0 heterocycles. The smallest absolute Gasteiger partial charge is 0.243 e. The molecule has 0 saturated heterocycles. The first-order chi connectivity index (χ1) is 14.4. The predicted octanol–water partition coefficient (Wildman–Crippen LogP) is 3.83. The maximum absolute atomic E-state index is 13.2. The van der Waals surface area contributed by atoms with E-state index >= 15 is 0 Å². The van der Waals surface area contributed by atoms with Gasteiger partial charge in [0, 0.05) is 6.54 Å². The summed E-state index contributed by atoms with van der Waals surface area (Å²) in [7, 11) is -2.36. The van der Waals surface area contributed by atoms with E-state index in [1.807, 2.05) is 31.2 Å². The van der Waals surface area contributed by atoms with Crippen molar-refractivity contribution < 1.29 is 17.9 Å². The number of hydrogen-bond donors (Lipinski definition) is 1. The highest BCUT2D eigenvalue weighted by Crippen LogP contribution is 2.24. The van der Waals surface area contributed by atoms with Gasteiger partial charge in [0.05, 0.1) is 24.2 Å². The van der Waals surface area contributed by atoms with E-state index in [1.165, 1.54) is 23.5 Å². The third kappa shape index (κ3) is 5.25. The van der Waals surface area contributed by atoms with Gasteiger partial charge in [-0.3, -0.25) is 4.79 Å². The van der Waals surface area contributed by atoms with Crippen LogP contribution in [0.15, 0.2) is 83.8 Å². The van der Waals surface area contributed by atoms with Gasteiger partial charge >= 0.3 is 0 Å². The summed E-state index contributed by atoms with van der Waals surface area (Å²) in [5.41, 5.74) is 2.35. The Morgan fingerprint density at radius 1 is 0.933 bits per heavy atom. The van der Waals surface area contributed by atoms with Crippen LogP contribution in [0.3, 0.4) is 0 Å². The van der Waals surface area contributed by atoms with Gasteiger partial charge in [0.15, 0.2) is 0 Å². The zero-order valence-corrected chi connectivity index (χ0v) is 17.7. The summed E-state index contributed by atoms with van der Waals surface area (Å²) in [6.45, 7) is 1.71. The lowest BCUT2D eigenvalue weighted by Crippen LogP contribution is -2.37. The number of para-hydroxylation sites is 2. The second-order valence-corrected chi connectivity index (χ2v) is 8.76. The number of anilines is 1. The van der Waals surface area contributed by atoms with Gasteiger partial charge in [-0.2, -0.15) is 4.31 Å². The van der Waals surface area contributed by atoms with E-state index in [4.69, 9.17) is 4.74 Å². The molecular formula is C23H24N2O4S. The molecule has 1 amide bonds. The van der Waals surface area contributed by atoms with Crippen LogP contribution < -0.4 is 10.1 Å². The van der Waals surface area contributed by atoms with Gasteiger partial charge in [-0.25, -0.2) is 8.42 Å². The molecule has 0 aliphatic rings. The number of ether oxygens (including phenoxy) is 1. The molecule has 156 valence electrons. The second kappa shape index (κ2) is 9.56. The van der Waals surface area contributed by atoms with Gasteiger partial charge in [0.2, 0.25) is 15.9 Å². The third-order valence-electron chi connectivity index (χ3n) is 4.56. The number of carbonyl (C=O) groups excluding carboxylic acids is 1. The van der Waals surface area contributed by atoms with Crippen molar-refractivity contribution in [1.29, 1.82) is 0 Å². The molecule has 0 aliphatic heterocycles. The van der Waals surface area contributed by atoms with Crippen molar-refractivity contribution >= 4 is 21.6 Å². The number of rotatable bonds is 8. The highest BCUT2D eigenvalue weighted by atomic mass is 32.2. The number of hydrogen-bond acceptors (Lipinski definition) is 4. The predicted molar refractivity (Wildman–Crippen MR) is 117 cm³/mol. The molecule has 7 heteroatoms. The largest absolute Gasteiger partial charge is 0.495 e. The Bertz CT molecular complexity index is 1100. The van der Waals surface area contributed by atoms with Gasteiger partial charge in [-0.1, -0.05) is 60.2 Å². The fourth-order valence-electron chi connectivity index (χ4n) is 2.96. The minimum absolute atomic E-state index is 0.0802. The van der Waals surface area contributed by atoms with Crippen LogP contribution in [0.5, 0.6) is 5.75 Å². The van der Waals surface area contributed by atoms with Crippen molar-refractivity contribution in [3.8, 4) is 5.75 Å². The lowest BCUT2D eigenvalue weighted by Gasteiger charge is -2.22. The third-order valence-corrected chi connectivity index (χ3v) is 6.37. The molecule has 6 nitrogen and oxygen atoms in total. The summed E-state index contributed by atoms with van der Waals surface area (Å²) >= 11 is 0. The highest BCUT2D eigenvalue weighted by molar-refractivity contribution is 7.89. The van der Waals surface area contributed by atoms with Gasteiger partial charge < -0.3 is 10.1 Å². The number of benzene rings is 3. The van der Waals surface area contributed by atoms with E-state index < -0.39 is 15.9 Å². The topological polar surface area (TPSA) is 75.7 Å². The number of aryl methyl sites for hydroxylation is 1. The zero-order valence-electron chi connectivity index (χ0n) is 16.9. The highest BCUT2D eigenvalue weighted by Gasteiger charge is 2.27. The normalized spacial score (nSPS) is 11.3. The summed E-state index contributed by atoms with van der Waals surface area (Å²) in [6, 6.07) is 22.6. The molecule has 0 fully saturated rings. The number of nitrogens with zero attached hydrogens (tertiary/aromatic N) is 1. The van der Waals surface area contributed by atoms with Gasteiger partial charge in [-0.15, -0.1) is 0 Å². The number of sulfonamides is 1. The van der Waals surface area contributed by atoms with Crippen molar-refractivity contribution in [3.63, 3.8) is 0 Å². The Balaban J connectivity index is 1.87. The molecule has 0 bridgehead atoms. The molecule has 0 radical (unpaired) electrons. The Labute approximate surface area is 177 Å². The average Bonchev–Trinajstić information content (AvgIpc) is 2.75. The van der Waals surface area contributed by atoms with Gasteiger partial charge in [0.25, 0.3) is 0 Å². The molecule has 0 saturated carbocycles. The van der Waals surface area contributed by atoms with Crippen LogP contribution in [-0.2, 0) is 21.4 Å². The van der Waals surface area contributed by atoms with E-state index in [0.717, 1.165) is 11.1 Å². The minimum atomic E-state index is -3.87. The van der Waals surface area contributed by atoms with Gasteiger partial charge in [0.1, 0.15) is 5.75 Å². The summed E-state index contributed by atoms with van der Waals surface area (Å²) in [5.74, 6) is 0.0490. The van der Waals surface area contributed by atoms with Crippen LogP contribution in [0.25, 0.3) is 0 Å². The fourth-order valence-corrected chi connectivity index (χ4v) is 4.37. The molecule has 0 aromatic heterocycles. The van der Waals surface area contributed by atoms with Crippen LogP contribution in [0.1, 0.15) is 11.1 Å². The molecule has 0 atom stereocenters. The Morgan fingerprint density at radius 2 is 1.57 bits per heavy atom. The first-order valence-corrected chi connectivity index (χ1v) is 10.9. The summed E-state index contributed by atoms with van der Waals surface area (Å²) in [6.07, 6.45) is 0. The monoisotopic (exact) mass is 424 g/mol. The molecule has 1 N–H and O–H groups in total. The maximum atomic E-state index is 13.2. The van der Waals surface area contributed by atoms with Gasteiger partial charge in [-0.05, 0) is 36.8 Å². The van der Waals surface area contributed by atoms with Crippen molar-refractivity contribution in [2.75, 3.05) is 19.0 Å². The van der Waals surface area contributed by atoms with E-state index in [-0.39, 0.29) is 18.0 Å². The molecule has 0 spiro atoms. The molecule has 0 aliphatic carbocycles. The standard InChI is InChI=1S/C23H24N2O4S/c1-18-12-14-19(15-13-18)16-25(30(27,28)20-8-4-3-5-9-20)17-23(26)24-21-10-6-7-11-22(21)29-2/h3-15H,16-17H2,1-2H3,(H,24,26). The van der Waals surface area contributed by atoms with E-state index in [9.17, 15) is 13.2 Å². The number of methoxy groups -OCH3 is 1. The number of nitrogens with one attached hydrogen (secondary N) is 1. The Kier molecular flexibility index (Phi) is 6.87. The zero-order chi connectivity index (χ0) is 21.6.